The van der Waals surface area contributed by atoms with Crippen molar-refractivity contribution in [3.8, 4) is 0 Å². The first kappa shape index (κ1) is 13.1. The first-order valence-electron chi connectivity index (χ1n) is 4.22. The zero-order valence-electron chi connectivity index (χ0n) is 8.03. The predicted octanol–water partition coefficient (Wildman–Crippen LogP) is 0.758. The van der Waals surface area contributed by atoms with Crippen molar-refractivity contribution >= 4 is 5.91 Å². The van der Waals surface area contributed by atoms with Gasteiger partial charge in [0.1, 0.15) is 0 Å². The van der Waals surface area contributed by atoms with Gasteiger partial charge in [0.05, 0.1) is 0 Å². The first-order valence-corrected chi connectivity index (χ1v) is 4.22. The van der Waals surface area contributed by atoms with Gasteiger partial charge in [-0.25, -0.2) is 0 Å². The molecule has 0 rings (SSSR count). The number of amides is 1. The second kappa shape index (κ2) is 12.1. The van der Waals surface area contributed by atoms with Gasteiger partial charge in [-0.1, -0.05) is 20.8 Å². The summed E-state index contributed by atoms with van der Waals surface area (Å²) in [5.74, 6) is 0.0351. The van der Waals surface area contributed by atoms with Crippen molar-refractivity contribution in [2.45, 2.75) is 27.7 Å². The highest BCUT2D eigenvalue weighted by Gasteiger charge is 1.86. The van der Waals surface area contributed by atoms with Crippen LogP contribution < -0.4 is 10.6 Å². The van der Waals surface area contributed by atoms with Crippen LogP contribution in [0.2, 0.25) is 0 Å². The molecule has 0 aromatic heterocycles. The van der Waals surface area contributed by atoms with Crippen molar-refractivity contribution in [3.63, 3.8) is 0 Å². The van der Waals surface area contributed by atoms with E-state index >= 15 is 0 Å². The third kappa shape index (κ3) is 17.7. The maximum Gasteiger partial charge on any atom is 0.216 e. The molecule has 0 bridgehead atoms. The largest absolute Gasteiger partial charge is 0.355 e. The molecule has 0 unspecified atom stereocenters. The number of hydrogen-bond acceptors (Lipinski definition) is 2. The van der Waals surface area contributed by atoms with Crippen molar-refractivity contribution in [1.29, 1.82) is 0 Å². The highest BCUT2D eigenvalue weighted by molar-refractivity contribution is 5.72. The normalized spacial score (nSPS) is 8.00. The van der Waals surface area contributed by atoms with Crippen molar-refractivity contribution in [1.82, 2.24) is 10.6 Å². The Morgan fingerprint density at radius 3 is 2.18 bits per heavy atom. The van der Waals surface area contributed by atoms with Gasteiger partial charge in [-0.2, -0.15) is 0 Å². The SMILES string of the molecule is CC.CCNCCNC(C)=O. The van der Waals surface area contributed by atoms with Crippen molar-refractivity contribution in [3.05, 3.63) is 0 Å². The first-order chi connectivity index (χ1) is 5.27. The zero-order valence-corrected chi connectivity index (χ0v) is 8.03. The van der Waals surface area contributed by atoms with Gasteiger partial charge in [0.2, 0.25) is 5.91 Å². The van der Waals surface area contributed by atoms with Crippen LogP contribution in [0.5, 0.6) is 0 Å². The number of carbonyl (C=O) groups excluding carboxylic acids is 1. The van der Waals surface area contributed by atoms with Gasteiger partial charge < -0.3 is 10.6 Å². The van der Waals surface area contributed by atoms with E-state index in [0.29, 0.717) is 0 Å². The number of rotatable bonds is 4. The molecule has 3 heteroatoms. The Morgan fingerprint density at radius 1 is 1.27 bits per heavy atom. The molecule has 0 atom stereocenters. The summed E-state index contributed by atoms with van der Waals surface area (Å²) in [5.41, 5.74) is 0. The van der Waals surface area contributed by atoms with E-state index in [1.807, 2.05) is 20.8 Å². The van der Waals surface area contributed by atoms with Gasteiger partial charge >= 0.3 is 0 Å². The lowest BCUT2D eigenvalue weighted by Gasteiger charge is -2.00. The van der Waals surface area contributed by atoms with Crippen LogP contribution in [0.15, 0.2) is 0 Å². The minimum absolute atomic E-state index is 0.0351. The van der Waals surface area contributed by atoms with Crippen LogP contribution >= 0.6 is 0 Å². The molecule has 0 aromatic rings. The van der Waals surface area contributed by atoms with Gasteiger partial charge in [0.15, 0.2) is 0 Å². The van der Waals surface area contributed by atoms with E-state index in [1.165, 1.54) is 6.92 Å². The highest BCUT2D eigenvalue weighted by Crippen LogP contribution is 1.59. The molecular weight excluding hydrogens is 140 g/mol. The molecule has 0 aliphatic rings. The Labute approximate surface area is 69.6 Å². The van der Waals surface area contributed by atoms with E-state index in [4.69, 9.17) is 0 Å². The van der Waals surface area contributed by atoms with Crippen molar-refractivity contribution < 1.29 is 4.79 Å². The fourth-order valence-electron chi connectivity index (χ4n) is 0.504. The van der Waals surface area contributed by atoms with Crippen LogP contribution in [-0.2, 0) is 4.79 Å². The third-order valence-electron chi connectivity index (χ3n) is 0.926. The molecule has 0 fully saturated rings. The second-order valence-electron chi connectivity index (χ2n) is 1.84. The molecule has 0 aliphatic carbocycles. The van der Waals surface area contributed by atoms with Crippen LogP contribution in [-0.4, -0.2) is 25.5 Å². The van der Waals surface area contributed by atoms with Gasteiger partial charge in [-0.3, -0.25) is 4.79 Å². The monoisotopic (exact) mass is 160 g/mol. The molecule has 11 heavy (non-hydrogen) atoms. The summed E-state index contributed by atoms with van der Waals surface area (Å²) in [6, 6.07) is 0. The third-order valence-corrected chi connectivity index (χ3v) is 0.926. The molecule has 3 nitrogen and oxygen atoms in total. The molecule has 0 radical (unpaired) electrons. The molecule has 68 valence electrons. The molecular formula is C8H20N2O. The van der Waals surface area contributed by atoms with E-state index in [-0.39, 0.29) is 5.91 Å². The van der Waals surface area contributed by atoms with E-state index in [9.17, 15) is 4.79 Å². The fraction of sp³-hybridized carbons (Fsp3) is 0.875. The van der Waals surface area contributed by atoms with E-state index in [1.54, 1.807) is 0 Å². The molecule has 2 N–H and O–H groups in total. The topological polar surface area (TPSA) is 41.1 Å². The van der Waals surface area contributed by atoms with Gasteiger partial charge in [-0.15, -0.1) is 0 Å². The zero-order chi connectivity index (χ0) is 9.11. The van der Waals surface area contributed by atoms with Crippen LogP contribution in [0, 0.1) is 0 Å². The summed E-state index contributed by atoms with van der Waals surface area (Å²) in [5, 5.41) is 5.77. The second-order valence-corrected chi connectivity index (χ2v) is 1.84. The molecule has 0 heterocycles. The maximum absolute atomic E-state index is 10.3. The minimum Gasteiger partial charge on any atom is -0.355 e. The molecule has 0 saturated carbocycles. The van der Waals surface area contributed by atoms with E-state index in [2.05, 4.69) is 10.6 Å². The average Bonchev–Trinajstić information content (AvgIpc) is 2.02. The summed E-state index contributed by atoms with van der Waals surface area (Å²) in [6.45, 7) is 10.1. The minimum atomic E-state index is 0.0351. The van der Waals surface area contributed by atoms with Gasteiger partial charge in [0.25, 0.3) is 0 Å². The van der Waals surface area contributed by atoms with Crippen molar-refractivity contribution in [2.24, 2.45) is 0 Å². The summed E-state index contributed by atoms with van der Waals surface area (Å²) < 4.78 is 0. The molecule has 0 spiro atoms. The average molecular weight is 160 g/mol. The van der Waals surface area contributed by atoms with Crippen molar-refractivity contribution in [2.75, 3.05) is 19.6 Å². The number of nitrogens with one attached hydrogen (secondary N) is 2. The molecule has 0 saturated heterocycles. The predicted molar refractivity (Wildman–Crippen MR) is 48.6 cm³/mol. The van der Waals surface area contributed by atoms with E-state index < -0.39 is 0 Å². The Bertz CT molecular complexity index is 84.2. The van der Waals surface area contributed by atoms with Crippen LogP contribution in [0.25, 0.3) is 0 Å². The lowest BCUT2D eigenvalue weighted by Crippen LogP contribution is -2.29. The highest BCUT2D eigenvalue weighted by atomic mass is 16.1. The van der Waals surface area contributed by atoms with E-state index in [0.717, 1.165) is 19.6 Å². The lowest BCUT2D eigenvalue weighted by molar-refractivity contribution is -0.118. The summed E-state index contributed by atoms with van der Waals surface area (Å²) in [6.07, 6.45) is 0. The Morgan fingerprint density at radius 2 is 1.82 bits per heavy atom. The molecule has 1 amide bonds. The Hall–Kier alpha value is -0.570. The van der Waals surface area contributed by atoms with Crippen LogP contribution in [0.1, 0.15) is 27.7 Å². The Balaban J connectivity index is 0. The number of hydrogen-bond donors (Lipinski definition) is 2. The number of carbonyl (C=O) groups is 1. The summed E-state index contributed by atoms with van der Waals surface area (Å²) in [4.78, 5) is 10.3. The fourth-order valence-corrected chi connectivity index (χ4v) is 0.504. The lowest BCUT2D eigenvalue weighted by atomic mass is 10.5. The smallest absolute Gasteiger partial charge is 0.216 e. The molecule has 0 aromatic carbocycles. The molecule has 0 aliphatic heterocycles. The van der Waals surface area contributed by atoms with Gasteiger partial charge in [0, 0.05) is 20.0 Å². The number of likely N-dealkylation sites (N-methyl/N-ethyl adjacent to an activating group) is 1. The quantitative estimate of drug-likeness (QED) is 0.596. The van der Waals surface area contributed by atoms with Gasteiger partial charge in [-0.05, 0) is 6.54 Å². The van der Waals surface area contributed by atoms with Crippen LogP contribution in [0.4, 0.5) is 0 Å². The Kier molecular flexibility index (Phi) is 14.4. The summed E-state index contributed by atoms with van der Waals surface area (Å²) >= 11 is 0. The van der Waals surface area contributed by atoms with Crippen LogP contribution in [0.3, 0.4) is 0 Å². The summed E-state index contributed by atoms with van der Waals surface area (Å²) in [7, 11) is 0. The maximum atomic E-state index is 10.3. The standard InChI is InChI=1S/C6H14N2O.C2H6/c1-3-7-4-5-8-6(2)9;1-2/h7H,3-5H2,1-2H3,(H,8,9);1-2H3.